The highest BCUT2D eigenvalue weighted by molar-refractivity contribution is 5.77. The first kappa shape index (κ1) is 16.8. The van der Waals surface area contributed by atoms with Crippen molar-refractivity contribution in [3.05, 3.63) is 30.1 Å². The Bertz CT molecular complexity index is 671. The van der Waals surface area contributed by atoms with Gasteiger partial charge in [-0.15, -0.1) is 0 Å². The number of H-pyrrole nitrogens is 1. The Kier molecular flexibility index (Phi) is 4.76. The van der Waals surface area contributed by atoms with Gasteiger partial charge in [0.2, 0.25) is 0 Å². The molecule has 6 heteroatoms. The zero-order valence-corrected chi connectivity index (χ0v) is 14.3. The van der Waals surface area contributed by atoms with Crippen LogP contribution in [0.1, 0.15) is 51.4 Å². The molecule has 3 rings (SSSR count). The van der Waals surface area contributed by atoms with Gasteiger partial charge in [0.25, 0.3) is 0 Å². The van der Waals surface area contributed by atoms with E-state index in [9.17, 15) is 9.90 Å². The zero-order chi connectivity index (χ0) is 17.2. The quantitative estimate of drug-likeness (QED) is 0.679. The number of benzene rings is 1. The van der Waals surface area contributed by atoms with Crippen LogP contribution in [0.5, 0.6) is 0 Å². The van der Waals surface area contributed by atoms with E-state index in [2.05, 4.69) is 34.4 Å². The summed E-state index contributed by atoms with van der Waals surface area (Å²) in [7, 11) is 0. The first-order chi connectivity index (χ1) is 11.5. The van der Waals surface area contributed by atoms with Crippen molar-refractivity contribution in [1.82, 2.24) is 20.6 Å². The maximum absolute atomic E-state index is 12.5. The lowest BCUT2D eigenvalue weighted by molar-refractivity contribution is 0.160. The third-order valence-corrected chi connectivity index (χ3v) is 4.90. The number of hydrogen-bond acceptors (Lipinski definition) is 3. The van der Waals surface area contributed by atoms with E-state index < -0.39 is 5.54 Å². The van der Waals surface area contributed by atoms with E-state index in [-0.39, 0.29) is 24.6 Å². The van der Waals surface area contributed by atoms with Crippen LogP contribution >= 0.6 is 0 Å². The molecule has 0 aliphatic heterocycles. The summed E-state index contributed by atoms with van der Waals surface area (Å²) in [4.78, 5) is 20.4. The van der Waals surface area contributed by atoms with Gasteiger partial charge in [0.15, 0.2) is 0 Å². The van der Waals surface area contributed by atoms with Gasteiger partial charge in [0.1, 0.15) is 5.82 Å². The molecule has 1 aromatic carbocycles. The molecule has 0 spiro atoms. The Morgan fingerprint density at radius 1 is 1.33 bits per heavy atom. The monoisotopic (exact) mass is 330 g/mol. The first-order valence-corrected chi connectivity index (χ1v) is 8.67. The van der Waals surface area contributed by atoms with Crippen molar-refractivity contribution < 1.29 is 9.90 Å². The summed E-state index contributed by atoms with van der Waals surface area (Å²) in [6, 6.07) is 7.37. The van der Waals surface area contributed by atoms with Gasteiger partial charge < -0.3 is 20.7 Å². The number of amides is 2. The maximum atomic E-state index is 12.5. The van der Waals surface area contributed by atoms with Crippen molar-refractivity contribution >= 4 is 17.1 Å². The van der Waals surface area contributed by atoms with Gasteiger partial charge in [-0.25, -0.2) is 9.78 Å². The van der Waals surface area contributed by atoms with Crippen LogP contribution in [-0.4, -0.2) is 33.3 Å². The Balaban J connectivity index is 1.75. The van der Waals surface area contributed by atoms with Crippen molar-refractivity contribution in [3.8, 4) is 0 Å². The molecule has 1 aromatic heterocycles. The second-order valence-corrected chi connectivity index (χ2v) is 7.10. The van der Waals surface area contributed by atoms with Crippen LogP contribution in [0.15, 0.2) is 24.3 Å². The van der Waals surface area contributed by atoms with Crippen LogP contribution in [0.25, 0.3) is 11.0 Å². The molecule has 0 bridgehead atoms. The highest BCUT2D eigenvalue weighted by Crippen LogP contribution is 2.29. The predicted molar refractivity (Wildman–Crippen MR) is 93.6 cm³/mol. The Morgan fingerprint density at radius 2 is 2.04 bits per heavy atom. The van der Waals surface area contributed by atoms with Crippen LogP contribution in [-0.2, 0) is 0 Å². The number of urea groups is 1. The number of aliphatic hydroxyl groups excluding tert-OH is 1. The molecule has 2 amide bonds. The average molecular weight is 330 g/mol. The number of nitrogens with zero attached hydrogens (tertiary/aromatic N) is 1. The summed E-state index contributed by atoms with van der Waals surface area (Å²) < 4.78 is 0. The van der Waals surface area contributed by atoms with Crippen LogP contribution in [0.4, 0.5) is 4.79 Å². The lowest BCUT2D eigenvalue weighted by atomic mass is 9.99. The minimum absolute atomic E-state index is 0.0165. The highest BCUT2D eigenvalue weighted by atomic mass is 16.3. The number of carbonyl (C=O) groups excluding carboxylic acids is 1. The highest BCUT2D eigenvalue weighted by Gasteiger charge is 2.35. The van der Waals surface area contributed by atoms with Gasteiger partial charge in [0.05, 0.1) is 29.2 Å². The molecule has 6 nitrogen and oxygen atoms in total. The molecular weight excluding hydrogens is 304 g/mol. The van der Waals surface area contributed by atoms with Crippen LogP contribution in [0.3, 0.4) is 0 Å². The van der Waals surface area contributed by atoms with E-state index in [1.165, 1.54) is 0 Å². The Labute approximate surface area is 142 Å². The number of aromatic amines is 1. The number of aliphatic hydroxyl groups is 1. The number of para-hydroxylation sites is 2. The Morgan fingerprint density at radius 3 is 2.67 bits per heavy atom. The van der Waals surface area contributed by atoms with Gasteiger partial charge in [-0.2, -0.15) is 0 Å². The lowest BCUT2D eigenvalue weighted by Crippen LogP contribution is -2.53. The van der Waals surface area contributed by atoms with Gasteiger partial charge in [-0.3, -0.25) is 0 Å². The lowest BCUT2D eigenvalue weighted by Gasteiger charge is -2.30. The van der Waals surface area contributed by atoms with Crippen LogP contribution in [0.2, 0.25) is 0 Å². The van der Waals surface area contributed by atoms with Crippen molar-refractivity contribution in [2.75, 3.05) is 6.61 Å². The third-order valence-electron chi connectivity index (χ3n) is 4.90. The standard InChI is InChI=1S/C18H26N4O2/c1-12(2)15(16-19-13-7-3-4-8-14(13)20-16)21-17(24)22-18(11-23)9-5-6-10-18/h3-4,7-8,12,15,23H,5-6,9-11H2,1-2H3,(H,19,20)(H2,21,22,24). The zero-order valence-electron chi connectivity index (χ0n) is 14.3. The molecule has 4 N–H and O–H groups in total. The number of carbonyl (C=O) groups is 1. The Hall–Kier alpha value is -2.08. The minimum atomic E-state index is -0.473. The molecule has 1 fully saturated rings. The molecule has 2 aromatic rings. The minimum Gasteiger partial charge on any atom is -0.394 e. The summed E-state index contributed by atoms with van der Waals surface area (Å²) in [5.41, 5.74) is 1.38. The molecule has 130 valence electrons. The van der Waals surface area contributed by atoms with E-state index >= 15 is 0 Å². The first-order valence-electron chi connectivity index (χ1n) is 8.67. The molecule has 24 heavy (non-hydrogen) atoms. The summed E-state index contributed by atoms with van der Waals surface area (Å²) in [5, 5.41) is 15.7. The van der Waals surface area contributed by atoms with E-state index in [0.29, 0.717) is 0 Å². The van der Waals surface area contributed by atoms with E-state index in [4.69, 9.17) is 0 Å². The number of aromatic nitrogens is 2. The van der Waals surface area contributed by atoms with Gasteiger partial charge in [-0.05, 0) is 30.9 Å². The van der Waals surface area contributed by atoms with Crippen molar-refractivity contribution in [2.45, 2.75) is 51.1 Å². The predicted octanol–water partition coefficient (Wildman–Crippen LogP) is 2.86. The molecule has 1 atom stereocenters. The summed E-state index contributed by atoms with van der Waals surface area (Å²) >= 11 is 0. The molecule has 0 radical (unpaired) electrons. The van der Waals surface area contributed by atoms with E-state index in [1.807, 2.05) is 24.3 Å². The summed E-state index contributed by atoms with van der Waals surface area (Å²) in [6.45, 7) is 4.09. The smallest absolute Gasteiger partial charge is 0.315 e. The van der Waals surface area contributed by atoms with Crippen molar-refractivity contribution in [2.24, 2.45) is 5.92 Å². The number of rotatable bonds is 5. The van der Waals surface area contributed by atoms with Gasteiger partial charge in [0, 0.05) is 0 Å². The molecular formula is C18H26N4O2. The topological polar surface area (TPSA) is 90.0 Å². The molecule has 1 heterocycles. The fourth-order valence-corrected chi connectivity index (χ4v) is 3.46. The van der Waals surface area contributed by atoms with Gasteiger partial charge in [-0.1, -0.05) is 38.8 Å². The number of nitrogens with one attached hydrogen (secondary N) is 3. The van der Waals surface area contributed by atoms with Crippen molar-refractivity contribution in [1.29, 1.82) is 0 Å². The molecule has 1 aliphatic rings. The van der Waals surface area contributed by atoms with Crippen molar-refractivity contribution in [3.63, 3.8) is 0 Å². The average Bonchev–Trinajstić information content (AvgIpc) is 3.19. The second-order valence-electron chi connectivity index (χ2n) is 7.10. The fraction of sp³-hybridized carbons (Fsp3) is 0.556. The SMILES string of the molecule is CC(C)C(NC(=O)NC1(CO)CCCC1)c1nc2ccccc2[nH]1. The van der Waals surface area contributed by atoms with Crippen LogP contribution in [0, 0.1) is 5.92 Å². The molecule has 1 saturated carbocycles. The molecule has 0 saturated heterocycles. The van der Waals surface area contributed by atoms with Gasteiger partial charge >= 0.3 is 6.03 Å². The number of imidazole rings is 1. The number of fused-ring (bicyclic) bond motifs is 1. The van der Waals surface area contributed by atoms with E-state index in [0.717, 1.165) is 42.5 Å². The summed E-state index contributed by atoms with van der Waals surface area (Å²) in [5.74, 6) is 0.941. The fourth-order valence-electron chi connectivity index (χ4n) is 3.46. The normalized spacial score (nSPS) is 18.0. The third kappa shape index (κ3) is 3.38. The number of hydrogen-bond donors (Lipinski definition) is 4. The summed E-state index contributed by atoms with van der Waals surface area (Å²) in [6.07, 6.45) is 3.73. The maximum Gasteiger partial charge on any atom is 0.315 e. The van der Waals surface area contributed by atoms with Crippen LogP contribution < -0.4 is 10.6 Å². The molecule has 1 aliphatic carbocycles. The van der Waals surface area contributed by atoms with E-state index in [1.54, 1.807) is 0 Å². The largest absolute Gasteiger partial charge is 0.394 e. The molecule has 1 unspecified atom stereocenters. The second kappa shape index (κ2) is 6.81.